The number of rotatable bonds is 4. The molecule has 1 aromatic heterocycles. The number of pyridine rings is 1. The third kappa shape index (κ3) is 3.29. The highest BCUT2D eigenvalue weighted by atomic mass is 16.3. The van der Waals surface area contributed by atoms with E-state index in [9.17, 15) is 9.90 Å². The molecule has 0 radical (unpaired) electrons. The van der Waals surface area contributed by atoms with Crippen LogP contribution in [0.5, 0.6) is 0 Å². The molecule has 1 aromatic rings. The molecule has 0 bridgehead atoms. The van der Waals surface area contributed by atoms with E-state index in [2.05, 4.69) is 10.3 Å². The van der Waals surface area contributed by atoms with Gasteiger partial charge in [0.2, 0.25) is 0 Å². The van der Waals surface area contributed by atoms with Crippen molar-refractivity contribution >= 4 is 5.91 Å². The van der Waals surface area contributed by atoms with Crippen LogP contribution >= 0.6 is 0 Å². The van der Waals surface area contributed by atoms with Crippen molar-refractivity contribution in [1.82, 2.24) is 10.3 Å². The van der Waals surface area contributed by atoms with Gasteiger partial charge in [-0.25, -0.2) is 0 Å². The molecule has 0 spiro atoms. The summed E-state index contributed by atoms with van der Waals surface area (Å²) in [5.41, 5.74) is 0.907. The number of hydrogen-bond acceptors (Lipinski definition) is 3. The van der Waals surface area contributed by atoms with Crippen molar-refractivity contribution in [1.29, 1.82) is 0 Å². The van der Waals surface area contributed by atoms with Crippen LogP contribution in [0.15, 0.2) is 18.3 Å². The highest BCUT2D eigenvalue weighted by Gasteiger charge is 2.30. The number of nitrogens with one attached hydrogen (secondary N) is 1. The quantitative estimate of drug-likeness (QED) is 0.854. The Labute approximate surface area is 107 Å². The van der Waals surface area contributed by atoms with E-state index in [-0.39, 0.29) is 5.91 Å². The molecule has 1 saturated carbocycles. The Morgan fingerprint density at radius 3 is 2.78 bits per heavy atom. The number of hydrogen-bond donors (Lipinski definition) is 2. The van der Waals surface area contributed by atoms with Gasteiger partial charge in [-0.1, -0.05) is 12.8 Å². The lowest BCUT2D eigenvalue weighted by atomic mass is 9.98. The SMILES string of the molecule is Cc1ccc(C(=O)NCCC2(O)CCCC2)cn1. The normalized spacial score (nSPS) is 17.7. The molecule has 1 amide bonds. The number of amides is 1. The number of aryl methyl sites for hydroxylation is 1. The van der Waals surface area contributed by atoms with Gasteiger partial charge in [-0.15, -0.1) is 0 Å². The Kier molecular flexibility index (Phi) is 3.97. The molecule has 0 saturated heterocycles. The van der Waals surface area contributed by atoms with Crippen LogP contribution in [0.25, 0.3) is 0 Å². The molecule has 0 atom stereocenters. The van der Waals surface area contributed by atoms with Gasteiger partial charge < -0.3 is 10.4 Å². The van der Waals surface area contributed by atoms with Gasteiger partial charge in [0, 0.05) is 18.4 Å². The van der Waals surface area contributed by atoms with Gasteiger partial charge in [0.1, 0.15) is 0 Å². The summed E-state index contributed by atoms with van der Waals surface area (Å²) in [6, 6.07) is 3.58. The van der Waals surface area contributed by atoms with Crippen LogP contribution in [0.4, 0.5) is 0 Å². The molecule has 1 heterocycles. The summed E-state index contributed by atoms with van der Waals surface area (Å²) < 4.78 is 0. The van der Waals surface area contributed by atoms with Crippen LogP contribution < -0.4 is 5.32 Å². The Hall–Kier alpha value is -1.42. The zero-order valence-electron chi connectivity index (χ0n) is 10.8. The first-order chi connectivity index (χ1) is 8.59. The topological polar surface area (TPSA) is 62.2 Å². The molecule has 98 valence electrons. The average molecular weight is 248 g/mol. The van der Waals surface area contributed by atoms with Crippen molar-refractivity contribution in [2.75, 3.05) is 6.54 Å². The molecule has 0 unspecified atom stereocenters. The number of aromatic nitrogens is 1. The van der Waals surface area contributed by atoms with Crippen molar-refractivity contribution in [3.8, 4) is 0 Å². The molecular formula is C14H20N2O2. The van der Waals surface area contributed by atoms with E-state index in [4.69, 9.17) is 0 Å². The number of aliphatic hydroxyl groups is 1. The summed E-state index contributed by atoms with van der Waals surface area (Å²) in [7, 11) is 0. The van der Waals surface area contributed by atoms with E-state index >= 15 is 0 Å². The second-order valence-electron chi connectivity index (χ2n) is 5.13. The summed E-state index contributed by atoms with van der Waals surface area (Å²) in [6.07, 6.45) is 6.11. The molecule has 18 heavy (non-hydrogen) atoms. The van der Waals surface area contributed by atoms with Crippen molar-refractivity contribution in [2.24, 2.45) is 0 Å². The molecular weight excluding hydrogens is 228 g/mol. The molecule has 1 aliphatic rings. The lowest BCUT2D eigenvalue weighted by Gasteiger charge is -2.21. The first-order valence-electron chi connectivity index (χ1n) is 6.52. The summed E-state index contributed by atoms with van der Waals surface area (Å²) >= 11 is 0. The average Bonchev–Trinajstić information content (AvgIpc) is 2.77. The first kappa shape index (κ1) is 13.0. The van der Waals surface area contributed by atoms with Crippen LogP contribution in [0.3, 0.4) is 0 Å². The van der Waals surface area contributed by atoms with Crippen LogP contribution in [0, 0.1) is 6.92 Å². The Morgan fingerprint density at radius 2 is 2.17 bits per heavy atom. The fourth-order valence-corrected chi connectivity index (χ4v) is 2.40. The largest absolute Gasteiger partial charge is 0.390 e. The lowest BCUT2D eigenvalue weighted by molar-refractivity contribution is 0.0389. The van der Waals surface area contributed by atoms with E-state index in [0.29, 0.717) is 18.5 Å². The van der Waals surface area contributed by atoms with Gasteiger partial charge in [-0.3, -0.25) is 9.78 Å². The minimum Gasteiger partial charge on any atom is -0.390 e. The lowest BCUT2D eigenvalue weighted by Crippen LogP contribution is -2.32. The fourth-order valence-electron chi connectivity index (χ4n) is 2.40. The maximum atomic E-state index is 11.8. The molecule has 1 aliphatic carbocycles. The Morgan fingerprint density at radius 1 is 1.44 bits per heavy atom. The van der Waals surface area contributed by atoms with E-state index in [1.165, 1.54) is 0 Å². The second kappa shape index (κ2) is 5.48. The van der Waals surface area contributed by atoms with E-state index in [1.807, 2.05) is 13.0 Å². The van der Waals surface area contributed by atoms with Crippen molar-refractivity contribution in [2.45, 2.75) is 44.6 Å². The fraction of sp³-hybridized carbons (Fsp3) is 0.571. The zero-order valence-corrected chi connectivity index (χ0v) is 10.8. The van der Waals surface area contributed by atoms with Crippen LogP contribution in [0.2, 0.25) is 0 Å². The Bertz CT molecular complexity index is 408. The second-order valence-corrected chi connectivity index (χ2v) is 5.13. The van der Waals surface area contributed by atoms with Crippen molar-refractivity contribution in [3.63, 3.8) is 0 Å². The summed E-state index contributed by atoms with van der Waals surface area (Å²) in [5, 5.41) is 13.0. The summed E-state index contributed by atoms with van der Waals surface area (Å²) in [4.78, 5) is 15.9. The van der Waals surface area contributed by atoms with Crippen LogP contribution in [0.1, 0.15) is 48.2 Å². The first-order valence-corrected chi connectivity index (χ1v) is 6.52. The molecule has 1 fully saturated rings. The van der Waals surface area contributed by atoms with Crippen molar-refractivity contribution < 1.29 is 9.90 Å². The van der Waals surface area contributed by atoms with E-state index < -0.39 is 5.60 Å². The number of carbonyl (C=O) groups is 1. The molecule has 0 aromatic carbocycles. The maximum Gasteiger partial charge on any atom is 0.252 e. The summed E-state index contributed by atoms with van der Waals surface area (Å²) in [5.74, 6) is -0.121. The van der Waals surface area contributed by atoms with E-state index in [1.54, 1.807) is 12.3 Å². The molecule has 0 aliphatic heterocycles. The number of carbonyl (C=O) groups excluding carboxylic acids is 1. The molecule has 4 nitrogen and oxygen atoms in total. The third-order valence-corrected chi connectivity index (χ3v) is 3.58. The highest BCUT2D eigenvalue weighted by Crippen LogP contribution is 2.31. The number of nitrogens with zero attached hydrogens (tertiary/aromatic N) is 1. The molecule has 2 rings (SSSR count). The van der Waals surface area contributed by atoms with Gasteiger partial charge in [0.25, 0.3) is 5.91 Å². The zero-order chi connectivity index (χ0) is 13.0. The monoisotopic (exact) mass is 248 g/mol. The Balaban J connectivity index is 1.79. The third-order valence-electron chi connectivity index (χ3n) is 3.58. The molecule has 4 heteroatoms. The minimum absolute atomic E-state index is 0.121. The van der Waals surface area contributed by atoms with E-state index in [0.717, 1.165) is 31.4 Å². The van der Waals surface area contributed by atoms with Crippen molar-refractivity contribution in [3.05, 3.63) is 29.6 Å². The standard InChI is InChI=1S/C14H20N2O2/c1-11-4-5-12(10-16-11)13(17)15-9-8-14(18)6-2-3-7-14/h4-5,10,18H,2-3,6-9H2,1H3,(H,15,17). The van der Waals surface area contributed by atoms with Gasteiger partial charge >= 0.3 is 0 Å². The van der Waals surface area contributed by atoms with Gasteiger partial charge in [-0.05, 0) is 38.3 Å². The molecule has 2 N–H and O–H groups in total. The predicted molar refractivity (Wildman–Crippen MR) is 69.3 cm³/mol. The summed E-state index contributed by atoms with van der Waals surface area (Å²) in [6.45, 7) is 2.40. The predicted octanol–water partition coefficient (Wildman–Crippen LogP) is 1.82. The van der Waals surface area contributed by atoms with Crippen LogP contribution in [-0.2, 0) is 0 Å². The van der Waals surface area contributed by atoms with Gasteiger partial charge in [-0.2, -0.15) is 0 Å². The van der Waals surface area contributed by atoms with Gasteiger partial charge in [0.05, 0.1) is 11.2 Å². The smallest absolute Gasteiger partial charge is 0.252 e. The van der Waals surface area contributed by atoms with Gasteiger partial charge in [0.15, 0.2) is 0 Å². The maximum absolute atomic E-state index is 11.8. The minimum atomic E-state index is -0.557. The van der Waals surface area contributed by atoms with Crippen LogP contribution in [-0.4, -0.2) is 28.1 Å². The highest BCUT2D eigenvalue weighted by molar-refractivity contribution is 5.93.